The lowest BCUT2D eigenvalue weighted by molar-refractivity contribution is 0.107. The Morgan fingerprint density at radius 3 is 2.62 bits per heavy atom. The van der Waals surface area contributed by atoms with Crippen LogP contribution in [-0.2, 0) is 4.74 Å². The number of hydrogen-bond donors (Lipinski definition) is 0. The fourth-order valence-electron chi connectivity index (χ4n) is 2.05. The van der Waals surface area contributed by atoms with Gasteiger partial charge >= 0.3 is 0 Å². The average Bonchev–Trinajstić information content (AvgIpc) is 2.75. The predicted octanol–water partition coefficient (Wildman–Crippen LogP) is 4.42. The standard InChI is InChI=1S/C13H16Cl2O/c1-8-6-10(11(14)7-9(8)2)13(15)12-4-3-5-16-12/h6-7,12-13H,3-5H2,1-2H3. The van der Waals surface area contributed by atoms with Gasteiger partial charge in [0, 0.05) is 11.6 Å². The van der Waals surface area contributed by atoms with Crippen molar-refractivity contribution < 1.29 is 4.74 Å². The summed E-state index contributed by atoms with van der Waals surface area (Å²) in [4.78, 5) is 0. The maximum atomic E-state index is 6.43. The minimum atomic E-state index is -0.130. The zero-order valence-corrected chi connectivity index (χ0v) is 11.1. The minimum absolute atomic E-state index is 0.112. The van der Waals surface area contributed by atoms with E-state index >= 15 is 0 Å². The molecule has 1 aromatic rings. The summed E-state index contributed by atoms with van der Waals surface area (Å²) in [6.45, 7) is 4.95. The van der Waals surface area contributed by atoms with E-state index in [1.165, 1.54) is 11.1 Å². The molecule has 16 heavy (non-hydrogen) atoms. The molecule has 1 aliphatic heterocycles. The summed E-state index contributed by atoms with van der Waals surface area (Å²) >= 11 is 12.7. The van der Waals surface area contributed by atoms with Gasteiger partial charge in [0.1, 0.15) is 0 Å². The van der Waals surface area contributed by atoms with E-state index in [2.05, 4.69) is 19.9 Å². The molecule has 1 heterocycles. The van der Waals surface area contributed by atoms with Gasteiger partial charge in [-0.05, 0) is 49.4 Å². The monoisotopic (exact) mass is 258 g/mol. The second kappa shape index (κ2) is 4.95. The molecule has 0 spiro atoms. The summed E-state index contributed by atoms with van der Waals surface area (Å²) in [5.41, 5.74) is 3.42. The zero-order valence-electron chi connectivity index (χ0n) is 9.59. The van der Waals surface area contributed by atoms with Gasteiger partial charge in [-0.15, -0.1) is 11.6 Å². The van der Waals surface area contributed by atoms with Crippen LogP contribution >= 0.6 is 23.2 Å². The molecule has 2 rings (SSSR count). The van der Waals surface area contributed by atoms with Crippen LogP contribution in [-0.4, -0.2) is 12.7 Å². The lowest BCUT2D eigenvalue weighted by atomic mass is 10.0. The molecular weight excluding hydrogens is 243 g/mol. The van der Waals surface area contributed by atoms with Gasteiger partial charge in [0.2, 0.25) is 0 Å². The minimum Gasteiger partial charge on any atom is -0.376 e. The number of hydrogen-bond acceptors (Lipinski definition) is 1. The Balaban J connectivity index is 2.28. The van der Waals surface area contributed by atoms with Crippen LogP contribution in [0.5, 0.6) is 0 Å². The lowest BCUT2D eigenvalue weighted by Gasteiger charge is -2.19. The second-order valence-electron chi connectivity index (χ2n) is 4.41. The van der Waals surface area contributed by atoms with Crippen LogP contribution in [0.3, 0.4) is 0 Å². The Labute approximate surface area is 107 Å². The largest absolute Gasteiger partial charge is 0.376 e. The first kappa shape index (κ1) is 12.2. The molecule has 88 valence electrons. The first-order chi connectivity index (χ1) is 7.59. The number of benzene rings is 1. The molecule has 3 heteroatoms. The fourth-order valence-corrected chi connectivity index (χ4v) is 2.82. The number of halogens is 2. The van der Waals surface area contributed by atoms with Crippen LogP contribution in [0.15, 0.2) is 12.1 Å². The van der Waals surface area contributed by atoms with E-state index in [4.69, 9.17) is 27.9 Å². The summed E-state index contributed by atoms with van der Waals surface area (Å²) in [6.07, 6.45) is 2.23. The molecule has 2 atom stereocenters. The summed E-state index contributed by atoms with van der Waals surface area (Å²) < 4.78 is 5.60. The van der Waals surface area contributed by atoms with Crippen LogP contribution in [0.25, 0.3) is 0 Å². The smallest absolute Gasteiger partial charge is 0.0861 e. The van der Waals surface area contributed by atoms with Crippen LogP contribution in [0, 0.1) is 13.8 Å². The second-order valence-corrected chi connectivity index (χ2v) is 5.29. The van der Waals surface area contributed by atoms with Crippen molar-refractivity contribution in [1.82, 2.24) is 0 Å². The van der Waals surface area contributed by atoms with Crippen LogP contribution in [0.4, 0.5) is 0 Å². The Morgan fingerprint density at radius 2 is 2.00 bits per heavy atom. The first-order valence-electron chi connectivity index (χ1n) is 5.62. The molecule has 1 saturated heterocycles. The van der Waals surface area contributed by atoms with Gasteiger partial charge in [0.05, 0.1) is 11.5 Å². The van der Waals surface area contributed by atoms with E-state index in [-0.39, 0.29) is 11.5 Å². The topological polar surface area (TPSA) is 9.23 Å². The third-order valence-corrected chi connectivity index (χ3v) is 4.04. The quantitative estimate of drug-likeness (QED) is 0.714. The van der Waals surface area contributed by atoms with Crippen molar-refractivity contribution in [2.24, 2.45) is 0 Å². The van der Waals surface area contributed by atoms with Crippen molar-refractivity contribution in [2.75, 3.05) is 6.61 Å². The third-order valence-electron chi connectivity index (χ3n) is 3.20. The molecule has 1 aliphatic rings. The van der Waals surface area contributed by atoms with E-state index in [0.29, 0.717) is 0 Å². The Hall–Kier alpha value is -0.240. The SMILES string of the molecule is Cc1cc(Cl)c(C(Cl)C2CCCO2)cc1C. The Bertz CT molecular complexity index is 384. The molecule has 0 N–H and O–H groups in total. The predicted molar refractivity (Wildman–Crippen MR) is 68.5 cm³/mol. The molecule has 1 fully saturated rings. The molecule has 0 aromatic heterocycles. The molecule has 0 radical (unpaired) electrons. The number of rotatable bonds is 2. The molecule has 0 bridgehead atoms. The lowest BCUT2D eigenvalue weighted by Crippen LogP contribution is -2.13. The number of ether oxygens (including phenoxy) is 1. The van der Waals surface area contributed by atoms with Crippen LogP contribution < -0.4 is 0 Å². The Morgan fingerprint density at radius 1 is 1.31 bits per heavy atom. The summed E-state index contributed by atoms with van der Waals surface area (Å²) in [5.74, 6) is 0. The van der Waals surface area contributed by atoms with E-state index in [9.17, 15) is 0 Å². The van der Waals surface area contributed by atoms with E-state index in [1.54, 1.807) is 0 Å². The molecule has 2 unspecified atom stereocenters. The fraction of sp³-hybridized carbons (Fsp3) is 0.538. The molecule has 1 aromatic carbocycles. The summed E-state index contributed by atoms with van der Waals surface area (Å²) in [7, 11) is 0. The average molecular weight is 259 g/mol. The van der Waals surface area contributed by atoms with E-state index in [0.717, 1.165) is 30.0 Å². The van der Waals surface area contributed by atoms with Crippen LogP contribution in [0.2, 0.25) is 5.02 Å². The van der Waals surface area contributed by atoms with Crippen LogP contribution in [0.1, 0.15) is 34.9 Å². The molecule has 0 amide bonds. The maximum Gasteiger partial charge on any atom is 0.0861 e. The van der Waals surface area contributed by atoms with Gasteiger partial charge in [-0.25, -0.2) is 0 Å². The molecule has 0 saturated carbocycles. The van der Waals surface area contributed by atoms with Crippen molar-refractivity contribution in [1.29, 1.82) is 0 Å². The highest BCUT2D eigenvalue weighted by atomic mass is 35.5. The van der Waals surface area contributed by atoms with Crippen molar-refractivity contribution in [3.63, 3.8) is 0 Å². The van der Waals surface area contributed by atoms with Crippen molar-refractivity contribution >= 4 is 23.2 Å². The number of aryl methyl sites for hydroxylation is 2. The summed E-state index contributed by atoms with van der Waals surface area (Å²) in [6, 6.07) is 4.06. The molecule has 1 nitrogen and oxygen atoms in total. The van der Waals surface area contributed by atoms with Crippen molar-refractivity contribution in [3.05, 3.63) is 33.8 Å². The van der Waals surface area contributed by atoms with Gasteiger partial charge in [-0.2, -0.15) is 0 Å². The van der Waals surface area contributed by atoms with Gasteiger partial charge in [-0.1, -0.05) is 17.7 Å². The molecule has 0 aliphatic carbocycles. The van der Waals surface area contributed by atoms with E-state index in [1.807, 2.05) is 6.07 Å². The highest BCUT2D eigenvalue weighted by Gasteiger charge is 2.27. The van der Waals surface area contributed by atoms with Crippen molar-refractivity contribution in [3.8, 4) is 0 Å². The third kappa shape index (κ3) is 2.37. The van der Waals surface area contributed by atoms with Crippen molar-refractivity contribution in [2.45, 2.75) is 38.2 Å². The first-order valence-corrected chi connectivity index (χ1v) is 6.43. The molecular formula is C13H16Cl2O. The van der Waals surface area contributed by atoms with Gasteiger partial charge in [0.15, 0.2) is 0 Å². The number of alkyl halides is 1. The highest BCUT2D eigenvalue weighted by molar-refractivity contribution is 6.33. The normalized spacial score (nSPS) is 22.4. The highest BCUT2D eigenvalue weighted by Crippen LogP contribution is 2.37. The Kier molecular flexibility index (Phi) is 3.78. The van der Waals surface area contributed by atoms with Gasteiger partial charge in [0.25, 0.3) is 0 Å². The summed E-state index contributed by atoms with van der Waals surface area (Å²) in [5, 5.41) is 0.618. The maximum absolute atomic E-state index is 6.43. The zero-order chi connectivity index (χ0) is 11.7. The van der Waals surface area contributed by atoms with Gasteiger partial charge < -0.3 is 4.74 Å². The van der Waals surface area contributed by atoms with Gasteiger partial charge in [-0.3, -0.25) is 0 Å². The van der Waals surface area contributed by atoms with E-state index < -0.39 is 0 Å².